The zero-order chi connectivity index (χ0) is 26.0. The van der Waals surface area contributed by atoms with Crippen LogP contribution in [0.2, 0.25) is 5.02 Å². The Bertz CT molecular complexity index is 1500. The second-order valence-corrected chi connectivity index (χ2v) is 9.19. The lowest BCUT2D eigenvalue weighted by atomic mass is 9.88. The van der Waals surface area contributed by atoms with Crippen LogP contribution in [0.1, 0.15) is 40.6 Å². The highest BCUT2D eigenvalue weighted by Crippen LogP contribution is 2.47. The average Bonchev–Trinajstić information content (AvgIpc) is 3.43. The first kappa shape index (κ1) is 24.5. The van der Waals surface area contributed by atoms with E-state index < -0.39 is 18.2 Å². The summed E-state index contributed by atoms with van der Waals surface area (Å²) in [5.74, 6) is 2.25. The van der Waals surface area contributed by atoms with Gasteiger partial charge in [0.15, 0.2) is 11.4 Å². The molecule has 36 heavy (non-hydrogen) atoms. The van der Waals surface area contributed by atoms with E-state index in [1.165, 1.54) is 7.11 Å². The lowest BCUT2D eigenvalue weighted by Gasteiger charge is -2.25. The second kappa shape index (κ2) is 8.46. The number of methoxy groups -OCH3 is 1. The highest BCUT2D eigenvalue weighted by atomic mass is 35.5. The standard InChI is InChI=1S/C24H24ClF3N6O2/c1-12-30-11-18-24(35,20-21(34(12)18)31-13(2)33(20)3)14-5-6-17-15(9-14)19(25)16(22(32-17)36-4)10-29-8-7-23(26,27)28/h5-6,9,11,29,35H,7-8,10H2,1-4H3. The van der Waals surface area contributed by atoms with Gasteiger partial charge >= 0.3 is 6.18 Å². The predicted molar refractivity (Wildman–Crippen MR) is 128 cm³/mol. The molecule has 0 saturated heterocycles. The molecule has 12 heteroatoms. The van der Waals surface area contributed by atoms with Crippen LogP contribution in [-0.4, -0.2) is 49.0 Å². The van der Waals surface area contributed by atoms with E-state index in [1.54, 1.807) is 24.4 Å². The van der Waals surface area contributed by atoms with Gasteiger partial charge in [-0.15, -0.1) is 0 Å². The number of ether oxygens (including phenoxy) is 1. The minimum absolute atomic E-state index is 0.0343. The molecule has 1 aromatic carbocycles. The van der Waals surface area contributed by atoms with Crippen LogP contribution in [0.3, 0.4) is 0 Å². The van der Waals surface area contributed by atoms with Crippen molar-refractivity contribution < 1.29 is 23.0 Å². The van der Waals surface area contributed by atoms with Crippen LogP contribution in [0.5, 0.6) is 5.88 Å². The average molecular weight is 521 g/mol. The molecule has 1 aliphatic rings. The molecule has 0 saturated carbocycles. The van der Waals surface area contributed by atoms with Gasteiger partial charge in [0.1, 0.15) is 17.3 Å². The molecule has 0 amide bonds. The molecule has 1 aliphatic heterocycles. The lowest BCUT2D eigenvalue weighted by Crippen LogP contribution is -2.29. The largest absolute Gasteiger partial charge is 0.481 e. The molecule has 5 rings (SSSR count). The second-order valence-electron chi connectivity index (χ2n) is 8.81. The molecule has 4 heterocycles. The molecular weight excluding hydrogens is 497 g/mol. The molecular formula is C24H24ClF3N6O2. The summed E-state index contributed by atoms with van der Waals surface area (Å²) in [6.07, 6.45) is -3.60. The number of imidazole rings is 2. The van der Waals surface area contributed by atoms with Crippen LogP contribution in [0.15, 0.2) is 24.4 Å². The Morgan fingerprint density at radius 1 is 1.19 bits per heavy atom. The maximum Gasteiger partial charge on any atom is 0.390 e. The van der Waals surface area contributed by atoms with Crippen molar-refractivity contribution in [2.75, 3.05) is 13.7 Å². The smallest absolute Gasteiger partial charge is 0.390 e. The van der Waals surface area contributed by atoms with Gasteiger partial charge in [-0.25, -0.2) is 15.0 Å². The summed E-state index contributed by atoms with van der Waals surface area (Å²) >= 11 is 6.76. The first-order valence-corrected chi connectivity index (χ1v) is 11.6. The fraction of sp³-hybridized carbons (Fsp3) is 0.375. The molecule has 4 aromatic rings. The number of nitrogens with one attached hydrogen (secondary N) is 1. The normalized spacial score (nSPS) is 17.0. The number of rotatable bonds is 6. The third kappa shape index (κ3) is 3.64. The van der Waals surface area contributed by atoms with Crippen LogP contribution < -0.4 is 10.1 Å². The minimum atomic E-state index is -4.26. The van der Waals surface area contributed by atoms with E-state index in [4.69, 9.17) is 16.3 Å². The zero-order valence-electron chi connectivity index (χ0n) is 20.0. The van der Waals surface area contributed by atoms with Crippen molar-refractivity contribution in [1.82, 2.24) is 29.4 Å². The van der Waals surface area contributed by atoms with Crippen molar-refractivity contribution in [3.8, 4) is 11.7 Å². The van der Waals surface area contributed by atoms with Crippen molar-refractivity contribution in [2.45, 2.75) is 38.6 Å². The van der Waals surface area contributed by atoms with Gasteiger partial charge in [0, 0.05) is 31.1 Å². The Hall–Kier alpha value is -3.15. The Kier molecular flexibility index (Phi) is 5.77. The van der Waals surface area contributed by atoms with Gasteiger partial charge in [-0.05, 0) is 31.5 Å². The Labute approximate surface area is 209 Å². The third-order valence-corrected chi connectivity index (χ3v) is 7.07. The summed E-state index contributed by atoms with van der Waals surface area (Å²) in [6, 6.07) is 5.23. The Balaban J connectivity index is 1.62. The topological polar surface area (TPSA) is 90.0 Å². The molecule has 190 valence electrons. The van der Waals surface area contributed by atoms with Gasteiger partial charge in [0.05, 0.1) is 36.0 Å². The van der Waals surface area contributed by atoms with Crippen LogP contribution >= 0.6 is 11.6 Å². The van der Waals surface area contributed by atoms with E-state index in [9.17, 15) is 18.3 Å². The summed E-state index contributed by atoms with van der Waals surface area (Å²) < 4.78 is 46.7. The van der Waals surface area contributed by atoms with E-state index in [-0.39, 0.29) is 24.0 Å². The summed E-state index contributed by atoms with van der Waals surface area (Å²) in [4.78, 5) is 13.5. The number of halogens is 4. The van der Waals surface area contributed by atoms with Crippen LogP contribution in [0, 0.1) is 13.8 Å². The summed E-state index contributed by atoms with van der Waals surface area (Å²) in [5, 5.41) is 15.8. The molecule has 0 aliphatic carbocycles. The quantitative estimate of drug-likeness (QED) is 0.373. The Morgan fingerprint density at radius 2 is 1.94 bits per heavy atom. The maximum atomic E-state index is 12.5. The van der Waals surface area contributed by atoms with Crippen molar-refractivity contribution in [3.05, 3.63) is 63.6 Å². The van der Waals surface area contributed by atoms with Gasteiger partial charge < -0.3 is 19.7 Å². The van der Waals surface area contributed by atoms with Crippen molar-refractivity contribution in [3.63, 3.8) is 0 Å². The molecule has 1 unspecified atom stereocenters. The van der Waals surface area contributed by atoms with Gasteiger partial charge in [0.25, 0.3) is 0 Å². The van der Waals surface area contributed by atoms with Gasteiger partial charge in [-0.2, -0.15) is 13.2 Å². The number of aromatic nitrogens is 5. The fourth-order valence-corrected chi connectivity index (χ4v) is 5.06. The molecule has 2 N–H and O–H groups in total. The van der Waals surface area contributed by atoms with E-state index in [2.05, 4.69) is 20.3 Å². The number of aliphatic hydroxyl groups is 1. The monoisotopic (exact) mass is 520 g/mol. The Morgan fingerprint density at radius 3 is 2.64 bits per heavy atom. The van der Waals surface area contributed by atoms with Crippen LogP contribution in [0.25, 0.3) is 16.7 Å². The number of hydrogen-bond acceptors (Lipinski definition) is 6. The lowest BCUT2D eigenvalue weighted by molar-refractivity contribution is -0.133. The highest BCUT2D eigenvalue weighted by molar-refractivity contribution is 6.36. The van der Waals surface area contributed by atoms with E-state index >= 15 is 0 Å². The van der Waals surface area contributed by atoms with E-state index in [0.717, 1.165) is 5.82 Å². The zero-order valence-corrected chi connectivity index (χ0v) is 20.8. The number of hydrogen-bond donors (Lipinski definition) is 2. The SMILES string of the molecule is COc1nc2ccc(C3(O)c4c(nc(C)n4C)-n4c3cnc4C)cc2c(Cl)c1CNCCC(F)(F)F. The van der Waals surface area contributed by atoms with Gasteiger partial charge in [0.2, 0.25) is 5.88 Å². The van der Waals surface area contributed by atoms with Crippen LogP contribution in [-0.2, 0) is 19.2 Å². The summed E-state index contributed by atoms with van der Waals surface area (Å²) in [7, 11) is 3.27. The van der Waals surface area contributed by atoms with Crippen molar-refractivity contribution >= 4 is 22.5 Å². The maximum absolute atomic E-state index is 12.5. The predicted octanol–water partition coefficient (Wildman–Crippen LogP) is 4.07. The van der Waals surface area contributed by atoms with E-state index in [1.807, 2.05) is 30.0 Å². The molecule has 0 bridgehead atoms. The van der Waals surface area contributed by atoms with Gasteiger partial charge in [-0.1, -0.05) is 17.7 Å². The summed E-state index contributed by atoms with van der Waals surface area (Å²) in [5.41, 5.74) is 1.08. The third-order valence-electron chi connectivity index (χ3n) is 6.64. The number of fused-ring (bicyclic) bond motifs is 4. The number of pyridine rings is 1. The van der Waals surface area contributed by atoms with Gasteiger partial charge in [-0.3, -0.25) is 4.57 Å². The molecule has 0 spiro atoms. The van der Waals surface area contributed by atoms with Crippen molar-refractivity contribution in [2.24, 2.45) is 7.05 Å². The number of benzene rings is 1. The summed E-state index contributed by atoms with van der Waals surface area (Å²) in [6.45, 7) is 3.46. The molecule has 1 atom stereocenters. The number of nitrogens with zero attached hydrogens (tertiary/aromatic N) is 5. The van der Waals surface area contributed by atoms with Crippen molar-refractivity contribution in [1.29, 1.82) is 0 Å². The number of alkyl halides is 3. The molecule has 3 aromatic heterocycles. The van der Waals surface area contributed by atoms with Crippen LogP contribution in [0.4, 0.5) is 13.2 Å². The fourth-order valence-electron chi connectivity index (χ4n) is 4.76. The van der Waals surface area contributed by atoms with E-state index in [0.29, 0.717) is 45.1 Å². The highest BCUT2D eigenvalue weighted by Gasteiger charge is 2.49. The molecule has 8 nitrogen and oxygen atoms in total. The molecule has 0 fully saturated rings. The molecule has 0 radical (unpaired) electrons. The first-order valence-electron chi connectivity index (χ1n) is 11.2. The first-order chi connectivity index (χ1) is 17.0. The minimum Gasteiger partial charge on any atom is -0.481 e. The number of aryl methyl sites for hydroxylation is 2.